The lowest BCUT2D eigenvalue weighted by Gasteiger charge is -2.13. The quantitative estimate of drug-likeness (QED) is 0.517. The number of hydrogen-bond acceptors (Lipinski definition) is 5. The van der Waals surface area contributed by atoms with Crippen LogP contribution in [0.15, 0.2) is 64.8 Å². The molecule has 0 N–H and O–H groups in total. The molecule has 3 rings (SSSR count). The lowest BCUT2D eigenvalue weighted by molar-refractivity contribution is -0.140. The molecule has 0 saturated carbocycles. The van der Waals surface area contributed by atoms with Crippen molar-refractivity contribution in [2.24, 2.45) is 0 Å². The van der Waals surface area contributed by atoms with E-state index in [2.05, 4.69) is 41.6 Å². The Labute approximate surface area is 170 Å². The van der Waals surface area contributed by atoms with Gasteiger partial charge in [-0.1, -0.05) is 49.9 Å². The number of esters is 1. The SMILES string of the molecule is COC(=O)CCc1nc(C(C)C)c(Sc2ccccc2)n1Cc1cccnc1. The molecule has 0 spiro atoms. The summed E-state index contributed by atoms with van der Waals surface area (Å²) >= 11 is 1.71. The standard InChI is InChI=1S/C22H25N3O2S/c1-16(2)21-22(28-18-9-5-4-6-10-18)25(15-17-8-7-13-23-14-17)19(24-21)11-12-20(26)27-3/h4-10,13-14,16H,11-12,15H2,1-3H3. The van der Waals surface area contributed by atoms with Crippen LogP contribution in [0, 0.1) is 0 Å². The number of imidazole rings is 1. The Morgan fingerprint density at radius 3 is 2.61 bits per heavy atom. The number of ether oxygens (including phenoxy) is 1. The molecule has 0 radical (unpaired) electrons. The Morgan fingerprint density at radius 2 is 1.96 bits per heavy atom. The summed E-state index contributed by atoms with van der Waals surface area (Å²) in [5.74, 6) is 0.953. The highest BCUT2D eigenvalue weighted by Gasteiger charge is 2.21. The number of hydrogen-bond donors (Lipinski definition) is 0. The highest BCUT2D eigenvalue weighted by Crippen LogP contribution is 2.35. The second-order valence-corrected chi connectivity index (χ2v) is 7.87. The molecule has 0 amide bonds. The van der Waals surface area contributed by atoms with Gasteiger partial charge in [-0.05, 0) is 29.7 Å². The second kappa shape index (κ2) is 9.55. The van der Waals surface area contributed by atoms with Crippen LogP contribution in [0.1, 0.15) is 43.3 Å². The first-order chi connectivity index (χ1) is 13.6. The summed E-state index contributed by atoms with van der Waals surface area (Å²) in [6.45, 7) is 4.96. The van der Waals surface area contributed by atoms with Gasteiger partial charge < -0.3 is 9.30 Å². The number of rotatable bonds is 8. The van der Waals surface area contributed by atoms with Crippen LogP contribution < -0.4 is 0 Å². The maximum atomic E-state index is 11.7. The summed E-state index contributed by atoms with van der Waals surface area (Å²) in [6.07, 6.45) is 4.50. The monoisotopic (exact) mass is 395 g/mol. The first kappa shape index (κ1) is 20.1. The molecular weight excluding hydrogens is 370 g/mol. The van der Waals surface area contributed by atoms with Gasteiger partial charge >= 0.3 is 5.97 Å². The fraction of sp³-hybridized carbons (Fsp3) is 0.318. The van der Waals surface area contributed by atoms with Crippen LogP contribution in [0.25, 0.3) is 0 Å². The summed E-state index contributed by atoms with van der Waals surface area (Å²) in [6, 6.07) is 14.3. The van der Waals surface area contributed by atoms with Crippen LogP contribution in [0.4, 0.5) is 0 Å². The van der Waals surface area contributed by atoms with Crippen LogP contribution >= 0.6 is 11.8 Å². The summed E-state index contributed by atoms with van der Waals surface area (Å²) < 4.78 is 7.03. The highest BCUT2D eigenvalue weighted by molar-refractivity contribution is 7.99. The number of nitrogens with zero attached hydrogens (tertiary/aromatic N) is 3. The third-order valence-electron chi connectivity index (χ3n) is 4.37. The van der Waals surface area contributed by atoms with Crippen molar-refractivity contribution in [2.75, 3.05) is 7.11 Å². The molecule has 0 aliphatic rings. The van der Waals surface area contributed by atoms with Crippen molar-refractivity contribution in [3.63, 3.8) is 0 Å². The largest absolute Gasteiger partial charge is 0.469 e. The second-order valence-electron chi connectivity index (χ2n) is 6.81. The molecule has 5 nitrogen and oxygen atoms in total. The van der Waals surface area contributed by atoms with Gasteiger partial charge in [0.15, 0.2) is 0 Å². The molecular formula is C22H25N3O2S. The maximum Gasteiger partial charge on any atom is 0.305 e. The van der Waals surface area contributed by atoms with E-state index in [0.717, 1.165) is 27.0 Å². The minimum atomic E-state index is -0.223. The number of aryl methyl sites for hydroxylation is 1. The Kier molecular flexibility index (Phi) is 6.87. The molecule has 2 aromatic heterocycles. The zero-order chi connectivity index (χ0) is 19.9. The number of carbonyl (C=O) groups is 1. The lowest BCUT2D eigenvalue weighted by atomic mass is 10.1. The fourth-order valence-electron chi connectivity index (χ4n) is 2.93. The van der Waals surface area contributed by atoms with Crippen LogP contribution in [-0.4, -0.2) is 27.6 Å². The molecule has 0 fully saturated rings. The minimum absolute atomic E-state index is 0.223. The zero-order valence-electron chi connectivity index (χ0n) is 16.5. The number of benzene rings is 1. The predicted molar refractivity (Wildman–Crippen MR) is 111 cm³/mol. The van der Waals surface area contributed by atoms with Gasteiger partial charge in [0.05, 0.1) is 25.8 Å². The normalized spacial score (nSPS) is 11.0. The summed E-state index contributed by atoms with van der Waals surface area (Å²) in [4.78, 5) is 22.0. The molecule has 0 saturated heterocycles. The van der Waals surface area contributed by atoms with Crippen LogP contribution in [0.2, 0.25) is 0 Å². The molecule has 0 aliphatic heterocycles. The van der Waals surface area contributed by atoms with Crippen LogP contribution in [0.3, 0.4) is 0 Å². The van der Waals surface area contributed by atoms with Crippen molar-refractivity contribution >= 4 is 17.7 Å². The Morgan fingerprint density at radius 1 is 1.18 bits per heavy atom. The van der Waals surface area contributed by atoms with Gasteiger partial charge in [-0.2, -0.15) is 0 Å². The molecule has 0 bridgehead atoms. The number of pyridine rings is 1. The van der Waals surface area contributed by atoms with E-state index in [9.17, 15) is 4.79 Å². The molecule has 0 unspecified atom stereocenters. The predicted octanol–water partition coefficient (Wildman–Crippen LogP) is 4.71. The van der Waals surface area contributed by atoms with Crippen LogP contribution in [0.5, 0.6) is 0 Å². The van der Waals surface area contributed by atoms with Gasteiger partial charge in [0.2, 0.25) is 0 Å². The van der Waals surface area contributed by atoms with Gasteiger partial charge in [0, 0.05) is 23.7 Å². The van der Waals surface area contributed by atoms with E-state index in [-0.39, 0.29) is 11.9 Å². The average Bonchev–Trinajstić information content (AvgIpc) is 3.05. The summed E-state index contributed by atoms with van der Waals surface area (Å²) in [7, 11) is 1.42. The van der Waals surface area contributed by atoms with Gasteiger partial charge in [0.25, 0.3) is 0 Å². The highest BCUT2D eigenvalue weighted by atomic mass is 32.2. The molecule has 0 aliphatic carbocycles. The number of aromatic nitrogens is 3. The van der Waals surface area contributed by atoms with Crippen molar-refractivity contribution in [1.29, 1.82) is 0 Å². The zero-order valence-corrected chi connectivity index (χ0v) is 17.3. The van der Waals surface area contributed by atoms with Gasteiger partial charge in [-0.15, -0.1) is 0 Å². The maximum absolute atomic E-state index is 11.7. The van der Waals surface area contributed by atoms with E-state index in [1.54, 1.807) is 18.0 Å². The van der Waals surface area contributed by atoms with Crippen molar-refractivity contribution in [3.8, 4) is 0 Å². The molecule has 2 heterocycles. The van der Waals surface area contributed by atoms with Crippen molar-refractivity contribution in [1.82, 2.24) is 14.5 Å². The van der Waals surface area contributed by atoms with Gasteiger partial charge in [-0.3, -0.25) is 9.78 Å². The van der Waals surface area contributed by atoms with E-state index >= 15 is 0 Å². The first-order valence-electron chi connectivity index (χ1n) is 9.36. The molecule has 0 atom stereocenters. The number of methoxy groups -OCH3 is 1. The molecule has 3 aromatic rings. The fourth-order valence-corrected chi connectivity index (χ4v) is 4.11. The first-order valence-corrected chi connectivity index (χ1v) is 10.2. The third-order valence-corrected chi connectivity index (χ3v) is 5.50. The summed E-state index contributed by atoms with van der Waals surface area (Å²) in [5, 5.41) is 1.12. The molecule has 1 aromatic carbocycles. The Hall–Kier alpha value is -2.60. The van der Waals surface area contributed by atoms with E-state index < -0.39 is 0 Å². The molecule has 28 heavy (non-hydrogen) atoms. The van der Waals surface area contributed by atoms with Gasteiger partial charge in [-0.25, -0.2) is 4.98 Å². The Balaban J connectivity index is 2.02. The number of carbonyl (C=O) groups excluding carboxylic acids is 1. The average molecular weight is 396 g/mol. The van der Waals surface area contributed by atoms with E-state index in [0.29, 0.717) is 19.4 Å². The molecule has 6 heteroatoms. The Bertz CT molecular complexity index is 908. The topological polar surface area (TPSA) is 57.0 Å². The van der Waals surface area contributed by atoms with E-state index in [4.69, 9.17) is 9.72 Å². The van der Waals surface area contributed by atoms with Crippen molar-refractivity contribution in [2.45, 2.75) is 49.1 Å². The summed E-state index contributed by atoms with van der Waals surface area (Å²) in [5.41, 5.74) is 2.15. The van der Waals surface area contributed by atoms with Crippen molar-refractivity contribution in [3.05, 3.63) is 71.9 Å². The van der Waals surface area contributed by atoms with Crippen LogP contribution in [-0.2, 0) is 22.5 Å². The smallest absolute Gasteiger partial charge is 0.305 e. The molecule has 146 valence electrons. The van der Waals surface area contributed by atoms with Crippen molar-refractivity contribution < 1.29 is 9.53 Å². The van der Waals surface area contributed by atoms with Gasteiger partial charge in [0.1, 0.15) is 10.9 Å². The van der Waals surface area contributed by atoms with E-state index in [1.807, 2.05) is 30.5 Å². The third kappa shape index (κ3) is 5.01. The van der Waals surface area contributed by atoms with E-state index in [1.165, 1.54) is 7.11 Å². The minimum Gasteiger partial charge on any atom is -0.469 e. The lowest BCUT2D eigenvalue weighted by Crippen LogP contribution is -2.10.